The van der Waals surface area contributed by atoms with Crippen molar-refractivity contribution in [3.63, 3.8) is 0 Å². The first kappa shape index (κ1) is 7.35. The van der Waals surface area contributed by atoms with Crippen LogP contribution in [0.3, 0.4) is 0 Å². The Kier molecular flexibility index (Phi) is 2.08. The fourth-order valence-electron chi connectivity index (χ4n) is 1.45. The molecule has 0 N–H and O–H groups in total. The second-order valence-electron chi connectivity index (χ2n) is 3.09. The number of aryl methyl sites for hydroxylation is 2. The molecule has 0 aromatic heterocycles. The average molecular weight is 156 g/mol. The zero-order valence-electron chi connectivity index (χ0n) is 7.03. The molecular formula is C12H12-2. The maximum atomic E-state index is 2.18. The third kappa shape index (κ3) is 1.65. The van der Waals surface area contributed by atoms with E-state index in [0.29, 0.717) is 0 Å². The van der Waals surface area contributed by atoms with Crippen LogP contribution in [0.4, 0.5) is 0 Å². The van der Waals surface area contributed by atoms with E-state index in [4.69, 9.17) is 0 Å². The van der Waals surface area contributed by atoms with E-state index < -0.39 is 0 Å². The largest absolute Gasteiger partial charge is 0.213 e. The van der Waals surface area contributed by atoms with Crippen molar-refractivity contribution in [2.75, 3.05) is 0 Å². The van der Waals surface area contributed by atoms with Gasteiger partial charge >= 0.3 is 0 Å². The summed E-state index contributed by atoms with van der Waals surface area (Å²) in [6.07, 6.45) is 2.33. The first-order chi connectivity index (χ1) is 5.95. The Morgan fingerprint density at radius 1 is 0.833 bits per heavy atom. The van der Waals surface area contributed by atoms with Crippen molar-refractivity contribution in [3.05, 3.63) is 59.7 Å². The van der Waals surface area contributed by atoms with Crippen molar-refractivity contribution in [1.29, 1.82) is 0 Å². The molecule has 12 heavy (non-hydrogen) atoms. The average Bonchev–Trinajstić information content (AvgIpc) is 2.74. The molecule has 0 aliphatic heterocycles. The molecule has 0 bridgehead atoms. The van der Waals surface area contributed by atoms with Crippen LogP contribution in [-0.4, -0.2) is 0 Å². The van der Waals surface area contributed by atoms with Gasteiger partial charge in [0.2, 0.25) is 0 Å². The van der Waals surface area contributed by atoms with Gasteiger partial charge in [-0.1, -0.05) is 0 Å². The molecule has 0 nitrogen and oxygen atoms in total. The lowest BCUT2D eigenvalue weighted by Crippen LogP contribution is -1.86. The standard InChI is InChI=1S/C12H12/c1-2-6-11(5-1)9-10-12-7-3-4-8-12/h1-8H,9-10H2/q-2. The molecule has 0 atom stereocenters. The summed E-state index contributed by atoms with van der Waals surface area (Å²) in [7, 11) is 0. The van der Waals surface area contributed by atoms with Crippen molar-refractivity contribution < 1.29 is 0 Å². The Labute approximate surface area is 73.2 Å². The Hall–Kier alpha value is -1.30. The minimum Gasteiger partial charge on any atom is -0.213 e. The SMILES string of the molecule is c1c[cH-]c(CCc2ccc[cH-]2)c1. The van der Waals surface area contributed by atoms with Crippen LogP contribution in [0.25, 0.3) is 0 Å². The van der Waals surface area contributed by atoms with Crippen LogP contribution in [0.1, 0.15) is 11.1 Å². The van der Waals surface area contributed by atoms with E-state index in [1.165, 1.54) is 11.1 Å². The van der Waals surface area contributed by atoms with Gasteiger partial charge in [0, 0.05) is 0 Å². The van der Waals surface area contributed by atoms with Crippen molar-refractivity contribution in [1.82, 2.24) is 0 Å². The molecule has 0 heterocycles. The van der Waals surface area contributed by atoms with Gasteiger partial charge in [-0.3, -0.25) is 0 Å². The molecule has 0 spiro atoms. The fourth-order valence-corrected chi connectivity index (χ4v) is 1.45. The van der Waals surface area contributed by atoms with Crippen LogP contribution in [0.2, 0.25) is 0 Å². The summed E-state index contributed by atoms with van der Waals surface area (Å²) in [6, 6.07) is 17.1. The number of hydrogen-bond donors (Lipinski definition) is 0. The predicted octanol–water partition coefficient (Wildman–Crippen LogP) is 2.91. The number of rotatable bonds is 3. The minimum absolute atomic E-state index is 1.16. The number of hydrogen-bond acceptors (Lipinski definition) is 0. The van der Waals surface area contributed by atoms with Crippen molar-refractivity contribution in [2.45, 2.75) is 12.8 Å². The second kappa shape index (κ2) is 3.40. The fraction of sp³-hybridized carbons (Fsp3) is 0.167. The molecule has 2 aromatic rings. The molecule has 0 aliphatic rings. The monoisotopic (exact) mass is 156 g/mol. The van der Waals surface area contributed by atoms with Crippen molar-refractivity contribution >= 4 is 0 Å². The summed E-state index contributed by atoms with van der Waals surface area (Å²) in [4.78, 5) is 0. The van der Waals surface area contributed by atoms with Gasteiger partial charge in [0.15, 0.2) is 0 Å². The highest BCUT2D eigenvalue weighted by atomic mass is 14.0. The Morgan fingerprint density at radius 3 is 1.67 bits per heavy atom. The van der Waals surface area contributed by atoms with Crippen LogP contribution >= 0.6 is 0 Å². The highest BCUT2D eigenvalue weighted by Crippen LogP contribution is 2.07. The van der Waals surface area contributed by atoms with Gasteiger partial charge < -0.3 is 0 Å². The van der Waals surface area contributed by atoms with E-state index in [1.54, 1.807) is 0 Å². The summed E-state index contributed by atoms with van der Waals surface area (Å²) >= 11 is 0. The van der Waals surface area contributed by atoms with E-state index in [2.05, 4.69) is 48.5 Å². The van der Waals surface area contributed by atoms with Gasteiger partial charge in [0.1, 0.15) is 0 Å². The lowest BCUT2D eigenvalue weighted by Gasteiger charge is -2.03. The first-order valence-corrected chi connectivity index (χ1v) is 4.36. The van der Waals surface area contributed by atoms with E-state index >= 15 is 0 Å². The maximum absolute atomic E-state index is 2.18. The predicted molar refractivity (Wildman–Crippen MR) is 51.5 cm³/mol. The molecule has 0 radical (unpaired) electrons. The summed E-state index contributed by atoms with van der Waals surface area (Å²) in [5.41, 5.74) is 2.88. The second-order valence-corrected chi connectivity index (χ2v) is 3.09. The lowest BCUT2D eigenvalue weighted by molar-refractivity contribution is 0.970. The first-order valence-electron chi connectivity index (χ1n) is 4.36. The zero-order chi connectivity index (χ0) is 8.23. The molecule has 0 heteroatoms. The van der Waals surface area contributed by atoms with Crippen LogP contribution < -0.4 is 0 Å². The van der Waals surface area contributed by atoms with Crippen LogP contribution in [0.15, 0.2) is 48.5 Å². The highest BCUT2D eigenvalue weighted by molar-refractivity contribution is 5.21. The molecule has 0 saturated carbocycles. The third-order valence-corrected chi connectivity index (χ3v) is 2.17. The molecule has 2 rings (SSSR count). The molecule has 0 fully saturated rings. The van der Waals surface area contributed by atoms with Crippen LogP contribution in [0.5, 0.6) is 0 Å². The van der Waals surface area contributed by atoms with Gasteiger partial charge in [0.05, 0.1) is 0 Å². The van der Waals surface area contributed by atoms with Crippen molar-refractivity contribution in [3.8, 4) is 0 Å². The Morgan fingerprint density at radius 2 is 1.33 bits per heavy atom. The van der Waals surface area contributed by atoms with Gasteiger partial charge in [0.25, 0.3) is 0 Å². The van der Waals surface area contributed by atoms with E-state index in [1.807, 2.05) is 0 Å². The lowest BCUT2D eigenvalue weighted by atomic mass is 10.1. The van der Waals surface area contributed by atoms with E-state index in [-0.39, 0.29) is 0 Å². The highest BCUT2D eigenvalue weighted by Gasteiger charge is 1.85. The summed E-state index contributed by atoms with van der Waals surface area (Å²) in [6.45, 7) is 0. The Bertz CT molecular complexity index is 263. The van der Waals surface area contributed by atoms with Gasteiger partial charge in [-0.05, 0) is 12.8 Å². The van der Waals surface area contributed by atoms with E-state index in [0.717, 1.165) is 12.8 Å². The quantitative estimate of drug-likeness (QED) is 0.599. The summed E-state index contributed by atoms with van der Waals surface area (Å²) < 4.78 is 0. The molecular weight excluding hydrogens is 144 g/mol. The molecule has 62 valence electrons. The van der Waals surface area contributed by atoms with Crippen LogP contribution in [0, 0.1) is 0 Å². The van der Waals surface area contributed by atoms with Gasteiger partial charge in [-0.2, -0.15) is 35.4 Å². The molecule has 0 unspecified atom stereocenters. The van der Waals surface area contributed by atoms with Gasteiger partial charge in [-0.25, -0.2) is 24.3 Å². The summed E-state index contributed by atoms with van der Waals surface area (Å²) in [5, 5.41) is 0. The zero-order valence-corrected chi connectivity index (χ0v) is 7.03. The summed E-state index contributed by atoms with van der Waals surface area (Å²) in [5.74, 6) is 0. The van der Waals surface area contributed by atoms with Gasteiger partial charge in [-0.15, -0.1) is 0 Å². The van der Waals surface area contributed by atoms with Crippen molar-refractivity contribution in [2.24, 2.45) is 0 Å². The van der Waals surface area contributed by atoms with E-state index in [9.17, 15) is 0 Å². The minimum atomic E-state index is 1.16. The molecule has 2 aromatic carbocycles. The third-order valence-electron chi connectivity index (χ3n) is 2.17. The Balaban J connectivity index is 1.91. The molecule has 0 saturated heterocycles. The normalized spacial score (nSPS) is 10.3. The molecule has 0 amide bonds. The topological polar surface area (TPSA) is 0 Å². The maximum Gasteiger partial charge on any atom is -0.0494 e. The van der Waals surface area contributed by atoms with Crippen LogP contribution in [-0.2, 0) is 12.8 Å². The smallest absolute Gasteiger partial charge is 0.0494 e. The molecule has 0 aliphatic carbocycles.